The van der Waals surface area contributed by atoms with Gasteiger partial charge in [-0.15, -0.1) is 0 Å². The van der Waals surface area contributed by atoms with Crippen LogP contribution in [0.2, 0.25) is 0 Å². The molecule has 1 aliphatic carbocycles. The third-order valence-electron chi connectivity index (χ3n) is 9.26. The summed E-state index contributed by atoms with van der Waals surface area (Å²) in [4.78, 5) is 43.2. The average Bonchev–Trinajstić information content (AvgIpc) is 3.59. The van der Waals surface area contributed by atoms with Gasteiger partial charge >= 0.3 is 5.97 Å². The molecule has 41 heavy (non-hydrogen) atoms. The number of carbonyl (C=O) groups is 3. The summed E-state index contributed by atoms with van der Waals surface area (Å²) < 4.78 is 25.9. The number of rotatable bonds is 15. The number of carboxylic acid groups (broad SMARTS) is 1. The van der Waals surface area contributed by atoms with E-state index in [4.69, 9.17) is 9.47 Å². The number of aliphatic carboxylic acids is 1. The van der Waals surface area contributed by atoms with Crippen LogP contribution >= 0.6 is 0 Å². The fourth-order valence-corrected chi connectivity index (χ4v) is 6.52. The summed E-state index contributed by atoms with van der Waals surface area (Å²) in [7, 11) is 7.17. The molecule has 9 nitrogen and oxygen atoms in total. The van der Waals surface area contributed by atoms with E-state index in [1.54, 1.807) is 20.1 Å². The van der Waals surface area contributed by atoms with Crippen molar-refractivity contribution in [3.63, 3.8) is 0 Å². The van der Waals surface area contributed by atoms with Crippen LogP contribution in [0.1, 0.15) is 58.4 Å². The number of nitrogens with zero attached hydrogens (tertiary/aromatic N) is 2. The Bertz CT molecular complexity index is 1060. The van der Waals surface area contributed by atoms with Gasteiger partial charge in [0.2, 0.25) is 11.8 Å². The molecule has 2 fully saturated rings. The van der Waals surface area contributed by atoms with E-state index in [1.165, 1.54) is 25.3 Å². The summed E-state index contributed by atoms with van der Waals surface area (Å²) in [6.07, 6.45) is 2.84. The normalized spacial score (nSPS) is 22.2. The van der Waals surface area contributed by atoms with Gasteiger partial charge in [-0.2, -0.15) is 0 Å². The molecule has 10 heteroatoms. The van der Waals surface area contributed by atoms with Crippen molar-refractivity contribution in [2.45, 2.75) is 89.6 Å². The van der Waals surface area contributed by atoms with Gasteiger partial charge in [-0.1, -0.05) is 45.4 Å². The first-order valence-corrected chi connectivity index (χ1v) is 14.7. The molecule has 1 saturated carbocycles. The monoisotopic (exact) mass is 577 g/mol. The van der Waals surface area contributed by atoms with Crippen LogP contribution in [0, 0.1) is 23.1 Å². The maximum atomic E-state index is 14.2. The third kappa shape index (κ3) is 7.84. The Morgan fingerprint density at radius 2 is 1.83 bits per heavy atom. The number of carbonyl (C=O) groups excluding carboxylic acids is 2. The molecular formula is C31H48FN3O6. The highest BCUT2D eigenvalue weighted by atomic mass is 19.1. The predicted octanol–water partition coefficient (Wildman–Crippen LogP) is 3.35. The van der Waals surface area contributed by atoms with E-state index in [2.05, 4.69) is 24.1 Å². The van der Waals surface area contributed by atoms with E-state index >= 15 is 0 Å². The first kappa shape index (κ1) is 32.9. The second-order valence-corrected chi connectivity index (χ2v) is 12.3. The minimum atomic E-state index is -1.30. The SMILES string of the molecule is CC[C@H](C)[C@@H]([C@@H](CC(=O)N1CC2(CC2)C[C@H]1C(OC)[C@@H](C)C(=O)N[C@@H](Cc1ccccc1F)C(=O)O)OC)N(C)C. The molecule has 2 aliphatic rings. The Balaban J connectivity index is 1.76. The van der Waals surface area contributed by atoms with Gasteiger partial charge in [0.05, 0.1) is 30.6 Å². The molecule has 2 amide bonds. The molecule has 0 bridgehead atoms. The van der Waals surface area contributed by atoms with Crippen LogP contribution < -0.4 is 5.32 Å². The number of benzene rings is 1. The second kappa shape index (κ2) is 14.1. The Hall–Kier alpha value is -2.56. The number of nitrogens with one attached hydrogen (secondary N) is 1. The molecule has 1 aliphatic heterocycles. The van der Waals surface area contributed by atoms with Crippen molar-refractivity contribution in [3.8, 4) is 0 Å². The topological polar surface area (TPSA) is 108 Å². The smallest absolute Gasteiger partial charge is 0.326 e. The van der Waals surface area contributed by atoms with Crippen molar-refractivity contribution >= 4 is 17.8 Å². The van der Waals surface area contributed by atoms with Crippen LogP contribution in [0.5, 0.6) is 0 Å². The zero-order valence-corrected chi connectivity index (χ0v) is 25.6. The van der Waals surface area contributed by atoms with E-state index in [0.29, 0.717) is 12.5 Å². The van der Waals surface area contributed by atoms with Gasteiger partial charge in [0, 0.05) is 33.2 Å². The fraction of sp³-hybridized carbons (Fsp3) is 0.710. The number of methoxy groups -OCH3 is 2. The van der Waals surface area contributed by atoms with Crippen LogP contribution in [0.3, 0.4) is 0 Å². The first-order valence-electron chi connectivity index (χ1n) is 14.7. The number of hydrogen-bond acceptors (Lipinski definition) is 6. The van der Waals surface area contributed by atoms with Crippen LogP contribution in [-0.4, -0.2) is 97.9 Å². The van der Waals surface area contributed by atoms with Crippen molar-refractivity contribution in [1.29, 1.82) is 0 Å². The van der Waals surface area contributed by atoms with E-state index in [-0.39, 0.29) is 47.9 Å². The summed E-state index contributed by atoms with van der Waals surface area (Å²) in [5, 5.41) is 12.4. The molecular weight excluding hydrogens is 529 g/mol. The van der Waals surface area contributed by atoms with E-state index < -0.39 is 35.8 Å². The fourth-order valence-electron chi connectivity index (χ4n) is 6.52. The number of likely N-dealkylation sites (N-methyl/N-ethyl adjacent to an activating group) is 1. The lowest BCUT2D eigenvalue weighted by atomic mass is 9.90. The van der Waals surface area contributed by atoms with E-state index in [9.17, 15) is 23.9 Å². The van der Waals surface area contributed by atoms with Gasteiger partial charge in [0.1, 0.15) is 11.9 Å². The van der Waals surface area contributed by atoms with E-state index in [0.717, 1.165) is 25.7 Å². The Morgan fingerprint density at radius 3 is 2.34 bits per heavy atom. The summed E-state index contributed by atoms with van der Waals surface area (Å²) in [6, 6.07) is 4.35. The summed E-state index contributed by atoms with van der Waals surface area (Å²) in [5.41, 5.74) is 0.252. The van der Waals surface area contributed by atoms with Gasteiger partial charge in [0.15, 0.2) is 0 Å². The van der Waals surface area contributed by atoms with Gasteiger partial charge in [-0.05, 0) is 56.3 Å². The summed E-state index contributed by atoms with van der Waals surface area (Å²) in [6.45, 7) is 6.60. The number of ether oxygens (including phenoxy) is 2. The minimum absolute atomic E-state index is 0.0293. The van der Waals surface area contributed by atoms with Gasteiger partial charge < -0.3 is 29.7 Å². The van der Waals surface area contributed by atoms with Crippen LogP contribution in [0.25, 0.3) is 0 Å². The van der Waals surface area contributed by atoms with Gasteiger partial charge in [-0.25, -0.2) is 9.18 Å². The van der Waals surface area contributed by atoms with Crippen molar-refractivity contribution < 1.29 is 33.4 Å². The molecule has 0 aromatic heterocycles. The number of likely N-dealkylation sites (tertiary alicyclic amines) is 1. The quantitative estimate of drug-likeness (QED) is 0.329. The van der Waals surface area contributed by atoms with Crippen molar-refractivity contribution in [1.82, 2.24) is 15.1 Å². The molecule has 1 spiro atoms. The maximum Gasteiger partial charge on any atom is 0.326 e. The average molecular weight is 578 g/mol. The number of amides is 2. The van der Waals surface area contributed by atoms with Crippen LogP contribution in [0.4, 0.5) is 4.39 Å². The molecule has 0 radical (unpaired) electrons. The predicted molar refractivity (Wildman–Crippen MR) is 154 cm³/mol. The largest absolute Gasteiger partial charge is 0.480 e. The Kier molecular flexibility index (Phi) is 11.3. The summed E-state index contributed by atoms with van der Waals surface area (Å²) in [5.74, 6) is -2.73. The zero-order valence-electron chi connectivity index (χ0n) is 25.6. The van der Waals surface area contributed by atoms with Gasteiger partial charge in [0.25, 0.3) is 0 Å². The van der Waals surface area contributed by atoms with Crippen LogP contribution in [0.15, 0.2) is 24.3 Å². The molecule has 1 aromatic carbocycles. The lowest BCUT2D eigenvalue weighted by molar-refractivity contribution is -0.145. The van der Waals surface area contributed by atoms with Crippen molar-refractivity contribution in [2.24, 2.45) is 17.3 Å². The van der Waals surface area contributed by atoms with Gasteiger partial charge in [-0.3, -0.25) is 9.59 Å². The highest BCUT2D eigenvalue weighted by Crippen LogP contribution is 2.56. The number of halogens is 1. The minimum Gasteiger partial charge on any atom is -0.480 e. The molecule has 3 rings (SSSR count). The molecule has 2 N–H and O–H groups in total. The Morgan fingerprint density at radius 1 is 1.17 bits per heavy atom. The van der Waals surface area contributed by atoms with Crippen LogP contribution in [-0.2, 0) is 30.3 Å². The summed E-state index contributed by atoms with van der Waals surface area (Å²) >= 11 is 0. The third-order valence-corrected chi connectivity index (χ3v) is 9.26. The lowest BCUT2D eigenvalue weighted by Gasteiger charge is -2.38. The van der Waals surface area contributed by atoms with Crippen molar-refractivity contribution in [3.05, 3.63) is 35.6 Å². The highest BCUT2D eigenvalue weighted by Gasteiger charge is 2.56. The molecule has 7 atom stereocenters. The molecule has 230 valence electrons. The Labute approximate surface area is 243 Å². The maximum absolute atomic E-state index is 14.2. The first-order chi connectivity index (χ1) is 19.4. The second-order valence-electron chi connectivity index (χ2n) is 12.3. The molecule has 1 saturated heterocycles. The lowest BCUT2D eigenvalue weighted by Crippen LogP contribution is -2.53. The molecule has 1 aromatic rings. The molecule has 1 unspecified atom stereocenters. The zero-order chi connectivity index (χ0) is 30.5. The number of hydrogen-bond donors (Lipinski definition) is 2. The highest BCUT2D eigenvalue weighted by molar-refractivity contribution is 5.85. The standard InChI is InChI=1S/C31H48FN3O6/c1-8-19(2)27(34(4)5)25(40-6)16-26(36)35-18-31(13-14-31)17-24(35)28(41-7)20(3)29(37)33-23(30(38)39)15-21-11-9-10-12-22(21)32/h9-12,19-20,23-25,27-28H,8,13-18H2,1-7H3,(H,33,37)(H,38,39)/t19-,20+,23-,24-,25+,27-,28?/m0/s1. The number of carboxylic acids is 1. The van der Waals surface area contributed by atoms with E-state index in [1.807, 2.05) is 19.0 Å². The molecule has 1 heterocycles. The van der Waals surface area contributed by atoms with Crippen molar-refractivity contribution in [2.75, 3.05) is 34.9 Å².